The summed E-state index contributed by atoms with van der Waals surface area (Å²) in [5, 5.41) is 0. The van der Waals surface area contributed by atoms with E-state index in [2.05, 4.69) is 82.8 Å². The van der Waals surface area contributed by atoms with Gasteiger partial charge in [-0.15, -0.1) is 0 Å². The van der Waals surface area contributed by atoms with E-state index in [4.69, 9.17) is 12.3 Å². The molecule has 0 amide bonds. The van der Waals surface area contributed by atoms with Crippen LogP contribution in [0.15, 0.2) is 4.99 Å². The van der Waals surface area contributed by atoms with Gasteiger partial charge in [0.25, 0.3) is 0 Å². The van der Waals surface area contributed by atoms with Crippen molar-refractivity contribution in [2.45, 2.75) is 77.9 Å². The second kappa shape index (κ2) is 9.68. The van der Waals surface area contributed by atoms with E-state index < -0.39 is 33.8 Å². The van der Waals surface area contributed by atoms with E-state index in [-0.39, 0.29) is 5.67 Å². The predicted molar refractivity (Wildman–Crippen MR) is 128 cm³/mol. The number of guanidine groups is 1. The molecule has 27 heavy (non-hydrogen) atoms. The van der Waals surface area contributed by atoms with E-state index >= 15 is 0 Å². The fourth-order valence-corrected chi connectivity index (χ4v) is 17.7. The molecule has 0 fully saturated rings. The molecule has 0 spiro atoms. The van der Waals surface area contributed by atoms with Crippen molar-refractivity contribution in [2.75, 3.05) is 28.2 Å². The molecule has 1 unspecified atom stereocenters. The molecule has 0 radical (unpaired) electrons. The molecule has 0 aliphatic heterocycles. The molecule has 1 atom stereocenters. The maximum atomic E-state index is 6.91. The van der Waals surface area contributed by atoms with Crippen molar-refractivity contribution in [3.05, 3.63) is 0 Å². The lowest BCUT2D eigenvalue weighted by atomic mass is 10.4. The molecule has 0 saturated carbocycles. The monoisotopic (exact) mass is 451 g/mol. The summed E-state index contributed by atoms with van der Waals surface area (Å²) in [6, 6.07) is 0. The number of rotatable bonds is 9. The van der Waals surface area contributed by atoms with Gasteiger partial charge in [0, 0.05) is 28.2 Å². The van der Waals surface area contributed by atoms with Crippen molar-refractivity contribution in [3.63, 3.8) is 0 Å². The zero-order chi connectivity index (χ0) is 21.8. The van der Waals surface area contributed by atoms with E-state index in [0.717, 1.165) is 12.4 Å². The highest BCUT2D eigenvalue weighted by atomic mass is 28.5. The summed E-state index contributed by atoms with van der Waals surface area (Å²) in [5.41, 5.74) is 0.0313. The third kappa shape index (κ3) is 9.37. The standard InChI is InChI=1S/C17H45N3O3Si4/c1-15-16(20(5)17(18-2)19(3)4)27(21-24(6,7)8,22-25(9,10)11)23-26(12,13)14/h16H,15H2,1-14H3/b18-17+. The molecule has 0 bridgehead atoms. The first-order chi connectivity index (χ1) is 11.9. The van der Waals surface area contributed by atoms with Crippen LogP contribution in [0, 0.1) is 0 Å². The van der Waals surface area contributed by atoms with E-state index in [0.29, 0.717) is 0 Å². The van der Waals surface area contributed by atoms with Crippen LogP contribution in [0.3, 0.4) is 0 Å². The van der Waals surface area contributed by atoms with Gasteiger partial charge >= 0.3 is 8.80 Å². The molecule has 162 valence electrons. The summed E-state index contributed by atoms with van der Waals surface area (Å²) in [4.78, 5) is 8.77. The second-order valence-electron chi connectivity index (χ2n) is 10.2. The first-order valence-electron chi connectivity index (χ1n) is 9.85. The Morgan fingerprint density at radius 1 is 0.778 bits per heavy atom. The van der Waals surface area contributed by atoms with Crippen molar-refractivity contribution in [2.24, 2.45) is 4.99 Å². The number of nitrogens with zero attached hydrogens (tertiary/aromatic N) is 3. The van der Waals surface area contributed by atoms with Crippen molar-refractivity contribution >= 4 is 39.7 Å². The maximum absolute atomic E-state index is 6.91. The Hall–Kier alpha value is 0.0175. The molecule has 0 rings (SSSR count). The molecule has 0 heterocycles. The van der Waals surface area contributed by atoms with Gasteiger partial charge in [-0.2, -0.15) is 0 Å². The third-order valence-corrected chi connectivity index (χ3v) is 15.9. The zero-order valence-corrected chi connectivity index (χ0v) is 24.4. The lowest BCUT2D eigenvalue weighted by molar-refractivity contribution is 0.195. The van der Waals surface area contributed by atoms with Crippen molar-refractivity contribution in [3.8, 4) is 0 Å². The van der Waals surface area contributed by atoms with Gasteiger partial charge in [-0.25, -0.2) is 0 Å². The molecule has 0 aromatic rings. The molecule has 0 aromatic carbocycles. The van der Waals surface area contributed by atoms with Crippen LogP contribution in [-0.4, -0.2) is 83.4 Å². The molecule has 0 saturated heterocycles. The topological polar surface area (TPSA) is 46.5 Å². The molecule has 10 heteroatoms. The maximum Gasteiger partial charge on any atom is 0.493 e. The quantitative estimate of drug-likeness (QED) is 0.297. The second-order valence-corrected chi connectivity index (χ2v) is 27.2. The zero-order valence-electron chi connectivity index (χ0n) is 20.4. The fraction of sp³-hybridized carbons (Fsp3) is 0.941. The molecule has 0 aliphatic carbocycles. The van der Waals surface area contributed by atoms with Gasteiger partial charge in [-0.1, -0.05) is 6.92 Å². The molecule has 0 aliphatic rings. The smallest absolute Gasteiger partial charge is 0.416 e. The summed E-state index contributed by atoms with van der Waals surface area (Å²) in [5.74, 6) is 0.913. The van der Waals surface area contributed by atoms with Crippen LogP contribution in [0.4, 0.5) is 0 Å². The number of aliphatic imine (C=N–C) groups is 1. The summed E-state index contributed by atoms with van der Waals surface area (Å²) in [7, 11) is -0.790. The van der Waals surface area contributed by atoms with E-state index in [1.54, 1.807) is 0 Å². The normalized spacial score (nSPS) is 15.7. The summed E-state index contributed by atoms with van der Waals surface area (Å²) < 4.78 is 20.7. The SMILES string of the molecule is CCC(N(C)/C(=N/C)N(C)C)[Si](O[Si](C)(C)C)(O[Si](C)(C)C)O[Si](C)(C)C. The minimum Gasteiger partial charge on any atom is -0.416 e. The highest BCUT2D eigenvalue weighted by Gasteiger charge is 2.57. The Morgan fingerprint density at radius 2 is 1.11 bits per heavy atom. The van der Waals surface area contributed by atoms with Crippen molar-refractivity contribution < 1.29 is 12.3 Å². The van der Waals surface area contributed by atoms with Gasteiger partial charge in [-0.3, -0.25) is 4.99 Å². The highest BCUT2D eigenvalue weighted by Crippen LogP contribution is 2.32. The van der Waals surface area contributed by atoms with Crippen molar-refractivity contribution in [1.29, 1.82) is 0 Å². The summed E-state index contributed by atoms with van der Waals surface area (Å²) >= 11 is 0. The Kier molecular flexibility index (Phi) is 9.68. The lowest BCUT2D eigenvalue weighted by Gasteiger charge is -2.49. The summed E-state index contributed by atoms with van der Waals surface area (Å²) in [6.45, 7) is 22.2. The third-order valence-electron chi connectivity index (χ3n) is 3.52. The van der Waals surface area contributed by atoms with Crippen LogP contribution in [0.1, 0.15) is 13.3 Å². The van der Waals surface area contributed by atoms with Gasteiger partial charge in [0.05, 0.1) is 5.67 Å². The van der Waals surface area contributed by atoms with Crippen LogP contribution in [0.5, 0.6) is 0 Å². The Morgan fingerprint density at radius 3 is 1.30 bits per heavy atom. The average Bonchev–Trinajstić information content (AvgIpc) is 2.32. The predicted octanol–water partition coefficient (Wildman–Crippen LogP) is 4.28. The van der Waals surface area contributed by atoms with Gasteiger partial charge < -0.3 is 22.1 Å². The van der Waals surface area contributed by atoms with E-state index in [9.17, 15) is 0 Å². The molecule has 6 nitrogen and oxygen atoms in total. The number of hydrogen-bond acceptors (Lipinski definition) is 4. The molecular weight excluding hydrogens is 407 g/mol. The minimum atomic E-state index is -3.02. The van der Waals surface area contributed by atoms with Crippen molar-refractivity contribution in [1.82, 2.24) is 9.80 Å². The average molecular weight is 452 g/mol. The van der Waals surface area contributed by atoms with Gasteiger partial charge in [0.2, 0.25) is 0 Å². The fourth-order valence-electron chi connectivity index (χ4n) is 3.12. The largest absolute Gasteiger partial charge is 0.493 e. The van der Waals surface area contributed by atoms with E-state index in [1.165, 1.54) is 0 Å². The Balaban J connectivity index is 6.51. The van der Waals surface area contributed by atoms with Crippen LogP contribution < -0.4 is 0 Å². The van der Waals surface area contributed by atoms with Gasteiger partial charge in [0.1, 0.15) is 0 Å². The first-order valence-corrected chi connectivity index (χ1v) is 21.9. The Bertz CT molecular complexity index is 456. The van der Waals surface area contributed by atoms with Gasteiger partial charge in [0.15, 0.2) is 30.9 Å². The van der Waals surface area contributed by atoms with Gasteiger partial charge in [-0.05, 0) is 65.3 Å². The van der Waals surface area contributed by atoms with Crippen LogP contribution in [0.2, 0.25) is 58.9 Å². The highest BCUT2D eigenvalue weighted by molar-refractivity contribution is 6.90. The van der Waals surface area contributed by atoms with Crippen LogP contribution >= 0.6 is 0 Å². The van der Waals surface area contributed by atoms with Crippen LogP contribution in [-0.2, 0) is 12.3 Å². The van der Waals surface area contributed by atoms with Crippen LogP contribution in [0.25, 0.3) is 0 Å². The molecular formula is C17H45N3O3Si4. The Labute approximate surface area is 173 Å². The van der Waals surface area contributed by atoms with E-state index in [1.807, 2.05) is 26.0 Å². The summed E-state index contributed by atoms with van der Waals surface area (Å²) in [6.07, 6.45) is 0.884. The molecule has 0 aromatic heterocycles. The minimum absolute atomic E-state index is 0.0313. The molecule has 0 N–H and O–H groups in total. The number of hydrogen-bond donors (Lipinski definition) is 0. The lowest BCUT2D eigenvalue weighted by Crippen LogP contribution is -2.71. The first kappa shape index (κ1) is 27.0.